The molecule has 256 valence electrons. The van der Waals surface area contributed by atoms with E-state index < -0.39 is 43.8 Å². The van der Waals surface area contributed by atoms with Crippen LogP contribution in [0.5, 0.6) is 5.75 Å². The van der Waals surface area contributed by atoms with Gasteiger partial charge < -0.3 is 40.3 Å². The molecule has 3 amide bonds. The molecule has 5 rings (SSSR count). The first kappa shape index (κ1) is 35.2. The third kappa shape index (κ3) is 6.38. The molecule has 0 bridgehead atoms. The average Bonchev–Trinajstić information content (AvgIpc) is 3.48. The molecule has 12 heteroatoms. The minimum absolute atomic E-state index is 0.0673. The number of fused-ring (bicyclic) bond motifs is 2. The minimum Gasteiger partial charge on any atom is -0.497 e. The highest BCUT2D eigenvalue weighted by molar-refractivity contribution is 6.91. The number of ether oxygens (including phenoxy) is 2. The predicted octanol–water partition coefficient (Wildman–Crippen LogP) is 3.48. The first-order chi connectivity index (χ1) is 22.7. The maximum Gasteiger partial charge on any atom is 0.264 e. The van der Waals surface area contributed by atoms with Crippen LogP contribution < -0.4 is 25.5 Å². The Morgan fingerprint density at radius 3 is 2.10 bits per heavy atom. The van der Waals surface area contributed by atoms with Gasteiger partial charge >= 0.3 is 0 Å². The lowest BCUT2D eigenvalue weighted by atomic mass is 9.82. The van der Waals surface area contributed by atoms with Gasteiger partial charge in [0.15, 0.2) is 5.60 Å². The molecular weight excluding hydrogens is 630 g/mol. The van der Waals surface area contributed by atoms with Gasteiger partial charge in [0.05, 0.1) is 33.5 Å². The van der Waals surface area contributed by atoms with E-state index in [1.807, 2.05) is 31.2 Å². The number of carbonyl (C=O) groups excluding carboxylic acids is 3. The van der Waals surface area contributed by atoms with Crippen LogP contribution in [-0.2, 0) is 31.3 Å². The standard InChI is InChI=1S/C36H45N3O8Si/c1-21-32(48(5,6)28-14-12-27(46-4)13-15-28)31(17-18-40)47-36(21)29-19-26(38-34(44)23(3)42)11-16-30(29)39(35(36)45)20-24-7-9-25(10-8-24)37-33(43)22(2)41/h7-16,19,21-23,31-32,40-42H,17-18,20H2,1-6H3,(H,37,43)(H,38,44)/t21-,22-,23-,31+,32-,36+/m0/s1. The Kier molecular flexibility index (Phi) is 10.1. The van der Waals surface area contributed by atoms with E-state index in [1.54, 1.807) is 42.3 Å². The summed E-state index contributed by atoms with van der Waals surface area (Å²) < 4.78 is 12.4. The van der Waals surface area contributed by atoms with Crippen LogP contribution in [0, 0.1) is 5.92 Å². The molecule has 0 radical (unpaired) electrons. The van der Waals surface area contributed by atoms with Crippen LogP contribution in [0.4, 0.5) is 17.1 Å². The van der Waals surface area contributed by atoms with Crippen molar-refractivity contribution in [1.82, 2.24) is 0 Å². The summed E-state index contributed by atoms with van der Waals surface area (Å²) in [6.45, 7) is 9.45. The van der Waals surface area contributed by atoms with Crippen LogP contribution in [-0.4, -0.2) is 73.1 Å². The van der Waals surface area contributed by atoms with Crippen molar-refractivity contribution < 1.29 is 39.2 Å². The molecule has 1 fully saturated rings. The molecule has 3 aromatic carbocycles. The lowest BCUT2D eigenvalue weighted by molar-refractivity contribution is -0.146. The van der Waals surface area contributed by atoms with E-state index >= 15 is 0 Å². The maximum atomic E-state index is 14.9. The molecule has 11 nitrogen and oxygen atoms in total. The SMILES string of the molecule is COc1ccc([Si](C)(C)[C@@H]2[C@@H](CCO)O[C@]3(C(=O)N(Cc4ccc(NC(=O)[C@H](C)O)cc4)c4ccc(NC(=O)[C@H](C)O)cc43)[C@H]2C)cc1. The van der Waals surface area contributed by atoms with E-state index in [9.17, 15) is 29.7 Å². The number of aliphatic hydroxyl groups is 3. The van der Waals surface area contributed by atoms with Crippen molar-refractivity contribution in [2.75, 3.05) is 29.3 Å². The number of benzene rings is 3. The molecule has 0 unspecified atom stereocenters. The Balaban J connectivity index is 1.57. The van der Waals surface area contributed by atoms with Crippen LogP contribution in [0.15, 0.2) is 66.7 Å². The number of amides is 3. The van der Waals surface area contributed by atoms with Gasteiger partial charge in [0.25, 0.3) is 17.7 Å². The van der Waals surface area contributed by atoms with Gasteiger partial charge in [-0.1, -0.05) is 49.5 Å². The molecular formula is C36H45N3O8Si. The second kappa shape index (κ2) is 13.8. The number of hydrogen-bond acceptors (Lipinski definition) is 8. The summed E-state index contributed by atoms with van der Waals surface area (Å²) in [4.78, 5) is 41.0. The van der Waals surface area contributed by atoms with E-state index in [-0.39, 0.29) is 30.5 Å². The number of methoxy groups -OCH3 is 1. The zero-order chi connectivity index (χ0) is 35.0. The fraction of sp³-hybridized carbons (Fsp3) is 0.417. The zero-order valence-corrected chi connectivity index (χ0v) is 29.2. The average molecular weight is 676 g/mol. The van der Waals surface area contributed by atoms with Crippen LogP contribution in [0.1, 0.15) is 38.3 Å². The first-order valence-electron chi connectivity index (χ1n) is 16.2. The van der Waals surface area contributed by atoms with Gasteiger partial charge in [0.2, 0.25) is 0 Å². The number of anilines is 3. The Morgan fingerprint density at radius 2 is 1.54 bits per heavy atom. The van der Waals surface area contributed by atoms with Gasteiger partial charge in [-0.2, -0.15) is 0 Å². The molecule has 3 aromatic rings. The minimum atomic E-state index is -2.39. The van der Waals surface area contributed by atoms with Crippen molar-refractivity contribution in [3.63, 3.8) is 0 Å². The monoisotopic (exact) mass is 675 g/mol. The van der Waals surface area contributed by atoms with Crippen molar-refractivity contribution in [2.45, 2.75) is 76.3 Å². The highest BCUT2D eigenvalue weighted by Crippen LogP contribution is 2.60. The Bertz CT molecular complexity index is 1660. The van der Waals surface area contributed by atoms with E-state index in [0.717, 1.165) is 11.3 Å². The third-order valence-electron chi connectivity index (χ3n) is 9.84. The topological polar surface area (TPSA) is 158 Å². The highest BCUT2D eigenvalue weighted by atomic mass is 28.3. The summed E-state index contributed by atoms with van der Waals surface area (Å²) in [7, 11) is -0.759. The molecule has 5 N–H and O–H groups in total. The van der Waals surface area contributed by atoms with Gasteiger partial charge in [0, 0.05) is 29.5 Å². The first-order valence-corrected chi connectivity index (χ1v) is 19.3. The second-order valence-corrected chi connectivity index (χ2v) is 18.0. The molecule has 6 atom stereocenters. The van der Waals surface area contributed by atoms with Crippen LogP contribution >= 0.6 is 0 Å². The second-order valence-electron chi connectivity index (χ2n) is 13.3. The predicted molar refractivity (Wildman–Crippen MR) is 186 cm³/mol. The molecule has 0 saturated carbocycles. The van der Waals surface area contributed by atoms with Crippen molar-refractivity contribution in [3.05, 3.63) is 77.9 Å². The summed E-state index contributed by atoms with van der Waals surface area (Å²) in [5, 5.41) is 36.2. The van der Waals surface area contributed by atoms with Gasteiger partial charge in [0.1, 0.15) is 18.0 Å². The van der Waals surface area contributed by atoms with E-state index in [2.05, 4.69) is 35.9 Å². The number of nitrogens with zero attached hydrogens (tertiary/aromatic N) is 1. The largest absolute Gasteiger partial charge is 0.497 e. The molecule has 2 heterocycles. The Labute approximate surface area is 281 Å². The Hall–Kier alpha value is -4.07. The number of carbonyl (C=O) groups is 3. The molecule has 2 aliphatic rings. The molecule has 0 aliphatic carbocycles. The number of aliphatic hydroxyl groups excluding tert-OH is 3. The molecule has 48 heavy (non-hydrogen) atoms. The smallest absolute Gasteiger partial charge is 0.264 e. The Morgan fingerprint density at radius 1 is 0.958 bits per heavy atom. The number of rotatable bonds is 11. The van der Waals surface area contributed by atoms with Gasteiger partial charge in [-0.3, -0.25) is 14.4 Å². The third-order valence-corrected chi connectivity index (χ3v) is 14.2. The quantitative estimate of drug-likeness (QED) is 0.194. The van der Waals surface area contributed by atoms with Crippen LogP contribution in [0.25, 0.3) is 0 Å². The summed E-state index contributed by atoms with van der Waals surface area (Å²) >= 11 is 0. The highest BCUT2D eigenvalue weighted by Gasteiger charge is 2.66. The lowest BCUT2D eigenvalue weighted by Gasteiger charge is -2.37. The van der Waals surface area contributed by atoms with Crippen molar-refractivity contribution in [1.29, 1.82) is 0 Å². The lowest BCUT2D eigenvalue weighted by Crippen LogP contribution is -2.51. The van der Waals surface area contributed by atoms with Gasteiger partial charge in [-0.05, 0) is 73.8 Å². The summed E-state index contributed by atoms with van der Waals surface area (Å²) in [5.74, 6) is -0.886. The summed E-state index contributed by atoms with van der Waals surface area (Å²) in [6.07, 6.45) is -2.45. The fourth-order valence-electron chi connectivity index (χ4n) is 7.31. The fourth-order valence-corrected chi connectivity index (χ4v) is 11.4. The van der Waals surface area contributed by atoms with Crippen molar-refractivity contribution >= 4 is 48.0 Å². The van der Waals surface area contributed by atoms with E-state index in [1.165, 1.54) is 19.0 Å². The van der Waals surface area contributed by atoms with Crippen molar-refractivity contribution in [2.24, 2.45) is 5.92 Å². The molecule has 2 aliphatic heterocycles. The van der Waals surface area contributed by atoms with Gasteiger partial charge in [-0.15, -0.1) is 0 Å². The normalized spacial score (nSPS) is 23.1. The van der Waals surface area contributed by atoms with E-state index in [0.29, 0.717) is 29.0 Å². The summed E-state index contributed by atoms with van der Waals surface area (Å²) in [6, 6.07) is 20.3. The molecule has 1 spiro atoms. The zero-order valence-electron chi connectivity index (χ0n) is 28.2. The molecule has 0 aromatic heterocycles. The molecule has 1 saturated heterocycles. The number of hydrogen-bond donors (Lipinski definition) is 5. The number of nitrogens with one attached hydrogen (secondary N) is 2. The summed E-state index contributed by atoms with van der Waals surface area (Å²) in [5.41, 5.74) is 1.54. The van der Waals surface area contributed by atoms with E-state index in [4.69, 9.17) is 9.47 Å². The van der Waals surface area contributed by atoms with Crippen molar-refractivity contribution in [3.8, 4) is 5.75 Å². The maximum absolute atomic E-state index is 14.9. The van der Waals surface area contributed by atoms with Crippen LogP contribution in [0.3, 0.4) is 0 Å². The van der Waals surface area contributed by atoms with Crippen LogP contribution in [0.2, 0.25) is 18.6 Å². The van der Waals surface area contributed by atoms with Gasteiger partial charge in [-0.25, -0.2) is 0 Å².